The first-order valence-electron chi connectivity index (χ1n) is 5.65. The molecule has 0 aliphatic heterocycles. The highest BCUT2D eigenvalue weighted by molar-refractivity contribution is 7.10. The van der Waals surface area contributed by atoms with Crippen molar-refractivity contribution >= 4 is 22.6 Å². The van der Waals surface area contributed by atoms with Gasteiger partial charge in [0.25, 0.3) is 0 Å². The zero-order valence-electron chi connectivity index (χ0n) is 10.2. The molecule has 1 aromatic heterocycles. The van der Waals surface area contributed by atoms with Crippen LogP contribution in [0.1, 0.15) is 25.5 Å². The van der Waals surface area contributed by atoms with Crippen LogP contribution < -0.4 is 10.1 Å². The number of benzene rings is 1. The van der Waals surface area contributed by atoms with Gasteiger partial charge in [0.05, 0.1) is 5.69 Å². The molecule has 2 aromatic rings. The molecule has 1 N–H and O–H groups in total. The smallest absolute Gasteiger partial charge is 0.410 e. The topological polar surface area (TPSA) is 51.2 Å². The third-order valence-corrected chi connectivity index (χ3v) is 3.02. The van der Waals surface area contributed by atoms with Crippen molar-refractivity contribution in [2.24, 2.45) is 0 Å². The molecule has 4 nitrogen and oxygen atoms in total. The van der Waals surface area contributed by atoms with Crippen molar-refractivity contribution in [2.75, 3.05) is 5.32 Å². The Hall–Kier alpha value is -1.88. The number of nitrogens with one attached hydrogen (secondary N) is 1. The van der Waals surface area contributed by atoms with Crippen LogP contribution in [-0.2, 0) is 0 Å². The third-order valence-electron chi connectivity index (χ3n) is 2.30. The van der Waals surface area contributed by atoms with Crippen LogP contribution in [0.2, 0.25) is 0 Å². The Kier molecular flexibility index (Phi) is 3.94. The summed E-state index contributed by atoms with van der Waals surface area (Å²) in [5.74, 6) is 0.866. The van der Waals surface area contributed by atoms with Gasteiger partial charge < -0.3 is 4.74 Å². The molecule has 1 heterocycles. The van der Waals surface area contributed by atoms with E-state index in [1.165, 1.54) is 11.5 Å². The first kappa shape index (κ1) is 12.6. The molecule has 0 radical (unpaired) electrons. The van der Waals surface area contributed by atoms with Gasteiger partial charge in [-0.2, -0.15) is 4.37 Å². The van der Waals surface area contributed by atoms with Crippen molar-refractivity contribution < 1.29 is 9.53 Å². The van der Waals surface area contributed by atoms with E-state index in [4.69, 9.17) is 4.74 Å². The molecular weight excluding hydrogens is 248 g/mol. The number of aromatic nitrogens is 1. The normalized spacial score (nSPS) is 10.4. The minimum atomic E-state index is -0.500. The molecule has 0 atom stereocenters. The summed E-state index contributed by atoms with van der Waals surface area (Å²) in [6.07, 6.45) is -0.500. The summed E-state index contributed by atoms with van der Waals surface area (Å²) >= 11 is 1.25. The van der Waals surface area contributed by atoms with Crippen LogP contribution in [0.3, 0.4) is 0 Å². The van der Waals surface area contributed by atoms with Crippen molar-refractivity contribution in [3.8, 4) is 5.75 Å². The van der Waals surface area contributed by atoms with E-state index in [0.29, 0.717) is 16.7 Å². The van der Waals surface area contributed by atoms with Gasteiger partial charge in [0.2, 0.25) is 0 Å². The number of para-hydroxylation sites is 1. The van der Waals surface area contributed by atoms with Gasteiger partial charge in [-0.15, -0.1) is 0 Å². The number of nitrogens with zero attached hydrogens (tertiary/aromatic N) is 1. The summed E-state index contributed by atoms with van der Waals surface area (Å²) in [6, 6.07) is 10.8. The average molecular weight is 262 g/mol. The fourth-order valence-electron chi connectivity index (χ4n) is 1.34. The monoisotopic (exact) mass is 262 g/mol. The molecule has 1 amide bonds. The van der Waals surface area contributed by atoms with E-state index in [1.807, 2.05) is 24.3 Å². The first-order valence-corrected chi connectivity index (χ1v) is 6.43. The largest absolute Gasteiger partial charge is 0.417 e. The Morgan fingerprint density at radius 3 is 2.67 bits per heavy atom. The Labute approximate surface area is 110 Å². The zero-order valence-corrected chi connectivity index (χ0v) is 11.0. The summed E-state index contributed by atoms with van der Waals surface area (Å²) < 4.78 is 9.36. The number of rotatable bonds is 3. The van der Waals surface area contributed by atoms with E-state index in [2.05, 4.69) is 23.5 Å². The van der Waals surface area contributed by atoms with Crippen LogP contribution in [0, 0.1) is 0 Å². The molecule has 94 valence electrons. The number of anilines is 1. The summed E-state index contributed by atoms with van der Waals surface area (Å²) in [7, 11) is 0. The van der Waals surface area contributed by atoms with Crippen molar-refractivity contribution in [1.82, 2.24) is 4.37 Å². The lowest BCUT2D eigenvalue weighted by molar-refractivity contribution is 0.215. The number of hydrogen-bond acceptors (Lipinski definition) is 4. The van der Waals surface area contributed by atoms with E-state index in [9.17, 15) is 4.79 Å². The Balaban J connectivity index is 1.95. The van der Waals surface area contributed by atoms with Gasteiger partial charge >= 0.3 is 6.09 Å². The van der Waals surface area contributed by atoms with E-state index >= 15 is 0 Å². The number of hydrogen-bond donors (Lipinski definition) is 1. The van der Waals surface area contributed by atoms with E-state index in [0.717, 1.165) is 5.69 Å². The van der Waals surface area contributed by atoms with Gasteiger partial charge in [-0.3, -0.25) is 5.32 Å². The van der Waals surface area contributed by atoms with Crippen LogP contribution in [0.5, 0.6) is 5.75 Å². The zero-order chi connectivity index (χ0) is 13.0. The van der Waals surface area contributed by atoms with Crippen LogP contribution in [0.4, 0.5) is 9.80 Å². The minimum Gasteiger partial charge on any atom is -0.410 e. The molecule has 0 aliphatic carbocycles. The average Bonchev–Trinajstić information content (AvgIpc) is 2.78. The molecule has 0 saturated heterocycles. The fraction of sp³-hybridized carbons (Fsp3) is 0.231. The quantitative estimate of drug-likeness (QED) is 0.913. The maximum atomic E-state index is 11.6. The highest BCUT2D eigenvalue weighted by atomic mass is 32.1. The standard InChI is InChI=1S/C13H14N2O2S/c1-9(2)11-8-12(18-15-11)14-13(16)17-10-6-4-3-5-7-10/h3-9H,1-2H3,(H,14,16). The summed E-state index contributed by atoms with van der Waals surface area (Å²) in [5, 5.41) is 3.35. The van der Waals surface area contributed by atoms with Crippen molar-refractivity contribution in [3.05, 3.63) is 42.1 Å². The van der Waals surface area contributed by atoms with Gasteiger partial charge in [0.15, 0.2) is 0 Å². The van der Waals surface area contributed by atoms with Gasteiger partial charge in [-0.1, -0.05) is 32.0 Å². The SMILES string of the molecule is CC(C)c1cc(NC(=O)Oc2ccccc2)sn1. The van der Waals surface area contributed by atoms with Crippen LogP contribution in [0.15, 0.2) is 36.4 Å². The molecule has 0 saturated carbocycles. The van der Waals surface area contributed by atoms with E-state index in [1.54, 1.807) is 12.1 Å². The van der Waals surface area contributed by atoms with E-state index < -0.39 is 6.09 Å². The van der Waals surface area contributed by atoms with Crippen LogP contribution in [0.25, 0.3) is 0 Å². The summed E-state index contributed by atoms with van der Waals surface area (Å²) in [4.78, 5) is 11.6. The van der Waals surface area contributed by atoms with Crippen molar-refractivity contribution in [1.29, 1.82) is 0 Å². The highest BCUT2D eigenvalue weighted by Gasteiger charge is 2.09. The molecule has 0 unspecified atom stereocenters. The van der Waals surface area contributed by atoms with Gasteiger partial charge in [-0.25, -0.2) is 4.79 Å². The molecule has 1 aromatic carbocycles. The number of carbonyl (C=O) groups is 1. The minimum absolute atomic E-state index is 0.349. The van der Waals surface area contributed by atoms with Crippen LogP contribution >= 0.6 is 11.5 Å². The lowest BCUT2D eigenvalue weighted by atomic mass is 10.1. The summed E-state index contributed by atoms with van der Waals surface area (Å²) in [6.45, 7) is 4.11. The molecule has 5 heteroatoms. The number of ether oxygens (including phenoxy) is 1. The van der Waals surface area contributed by atoms with Crippen molar-refractivity contribution in [3.63, 3.8) is 0 Å². The van der Waals surface area contributed by atoms with Crippen molar-refractivity contribution in [2.45, 2.75) is 19.8 Å². The Morgan fingerprint density at radius 2 is 2.06 bits per heavy atom. The third kappa shape index (κ3) is 3.30. The number of amides is 1. The lowest BCUT2D eigenvalue weighted by Gasteiger charge is -2.03. The maximum Gasteiger partial charge on any atom is 0.417 e. The second kappa shape index (κ2) is 5.64. The Morgan fingerprint density at radius 1 is 1.33 bits per heavy atom. The van der Waals surface area contributed by atoms with Gasteiger partial charge in [0.1, 0.15) is 10.8 Å². The van der Waals surface area contributed by atoms with Gasteiger partial charge in [-0.05, 0) is 35.6 Å². The molecule has 0 bridgehead atoms. The Bertz CT molecular complexity index is 523. The van der Waals surface area contributed by atoms with E-state index in [-0.39, 0.29) is 0 Å². The first-order chi connectivity index (χ1) is 8.65. The second-order valence-corrected chi connectivity index (χ2v) is 4.90. The molecule has 0 aliphatic rings. The molecule has 0 fully saturated rings. The second-order valence-electron chi connectivity index (χ2n) is 4.10. The molecular formula is C13H14N2O2S. The molecule has 18 heavy (non-hydrogen) atoms. The lowest BCUT2D eigenvalue weighted by Crippen LogP contribution is -2.15. The van der Waals surface area contributed by atoms with Gasteiger partial charge in [0, 0.05) is 0 Å². The predicted molar refractivity (Wildman–Crippen MR) is 72.3 cm³/mol. The summed E-state index contributed by atoms with van der Waals surface area (Å²) in [5.41, 5.74) is 0.968. The number of carbonyl (C=O) groups excluding carboxylic acids is 1. The maximum absolute atomic E-state index is 11.6. The van der Waals surface area contributed by atoms with Crippen LogP contribution in [-0.4, -0.2) is 10.5 Å². The molecule has 0 spiro atoms. The fourth-order valence-corrected chi connectivity index (χ4v) is 2.11. The highest BCUT2D eigenvalue weighted by Crippen LogP contribution is 2.22. The predicted octanol–water partition coefficient (Wildman–Crippen LogP) is 3.88. The molecule has 2 rings (SSSR count).